The summed E-state index contributed by atoms with van der Waals surface area (Å²) in [6, 6.07) is 24.4. The molecule has 0 spiro atoms. The van der Waals surface area contributed by atoms with Crippen LogP contribution >= 0.6 is 0 Å². The highest BCUT2D eigenvalue weighted by atomic mass is 16.5. The summed E-state index contributed by atoms with van der Waals surface area (Å²) in [6.07, 6.45) is 7.06. The zero-order valence-corrected chi connectivity index (χ0v) is 21.2. The maximum absolute atomic E-state index is 12.1. The molecule has 5 heteroatoms. The first-order valence-corrected chi connectivity index (χ1v) is 12.8. The summed E-state index contributed by atoms with van der Waals surface area (Å²) in [6.45, 7) is 6.39. The Bertz CT molecular complexity index is 1310. The average molecular weight is 482 g/mol. The molecule has 0 unspecified atom stereocenters. The molecule has 0 bridgehead atoms. The fourth-order valence-corrected chi connectivity index (χ4v) is 4.24. The van der Waals surface area contributed by atoms with E-state index < -0.39 is 0 Å². The normalized spacial score (nSPS) is 11.3. The maximum Gasteiger partial charge on any atom is 0.243 e. The quantitative estimate of drug-likeness (QED) is 0.192. The summed E-state index contributed by atoms with van der Waals surface area (Å²) >= 11 is 0. The van der Waals surface area contributed by atoms with Crippen LogP contribution in [0.25, 0.3) is 17.1 Å². The Balaban J connectivity index is 1.27. The van der Waals surface area contributed by atoms with E-state index in [0.29, 0.717) is 13.2 Å². The zero-order chi connectivity index (χ0) is 25.2. The lowest BCUT2D eigenvalue weighted by molar-refractivity contribution is -0.116. The monoisotopic (exact) mass is 481 g/mol. The number of aryl methyl sites for hydroxylation is 4. The van der Waals surface area contributed by atoms with Gasteiger partial charge in [0.05, 0.1) is 17.6 Å². The molecule has 0 aliphatic carbocycles. The van der Waals surface area contributed by atoms with Crippen LogP contribution in [0, 0.1) is 13.8 Å². The van der Waals surface area contributed by atoms with Crippen molar-refractivity contribution in [3.63, 3.8) is 0 Å². The SMILES string of the molecule is Cc1ccc(C)c(OCCCCn2c(CCCNC(=O)/C=C/c3ccccc3)nc3ccccc32)c1. The molecule has 0 radical (unpaired) electrons. The van der Waals surface area contributed by atoms with Gasteiger partial charge in [-0.3, -0.25) is 4.79 Å². The van der Waals surface area contributed by atoms with Gasteiger partial charge in [-0.05, 0) is 74.1 Å². The van der Waals surface area contributed by atoms with Crippen LogP contribution in [-0.2, 0) is 17.8 Å². The third kappa shape index (κ3) is 7.08. The first kappa shape index (κ1) is 25.2. The van der Waals surface area contributed by atoms with Crippen molar-refractivity contribution in [2.24, 2.45) is 0 Å². The first-order chi connectivity index (χ1) is 17.6. The van der Waals surface area contributed by atoms with Crippen molar-refractivity contribution in [3.8, 4) is 5.75 Å². The predicted octanol–water partition coefficient (Wildman–Crippen LogP) is 6.27. The second-order valence-electron chi connectivity index (χ2n) is 9.13. The number of para-hydroxylation sites is 2. The fraction of sp³-hybridized carbons (Fsp3) is 0.290. The molecule has 1 aromatic heterocycles. The van der Waals surface area contributed by atoms with Crippen LogP contribution in [0.5, 0.6) is 5.75 Å². The van der Waals surface area contributed by atoms with Crippen LogP contribution in [-0.4, -0.2) is 28.6 Å². The van der Waals surface area contributed by atoms with E-state index in [2.05, 4.69) is 60.1 Å². The van der Waals surface area contributed by atoms with Gasteiger partial charge in [0.2, 0.25) is 5.91 Å². The molecule has 0 saturated carbocycles. The van der Waals surface area contributed by atoms with Crippen LogP contribution < -0.4 is 10.1 Å². The molecule has 0 fully saturated rings. The molecular weight excluding hydrogens is 446 g/mol. The number of carbonyl (C=O) groups is 1. The Morgan fingerprint density at radius 3 is 2.64 bits per heavy atom. The van der Waals surface area contributed by atoms with Gasteiger partial charge < -0.3 is 14.6 Å². The van der Waals surface area contributed by atoms with Gasteiger partial charge in [0.1, 0.15) is 11.6 Å². The number of imidazole rings is 1. The Labute approximate surface area is 213 Å². The summed E-state index contributed by atoms with van der Waals surface area (Å²) in [5.74, 6) is 1.97. The predicted molar refractivity (Wildman–Crippen MR) is 147 cm³/mol. The number of hydrogen-bond acceptors (Lipinski definition) is 3. The highest BCUT2D eigenvalue weighted by Gasteiger charge is 2.10. The van der Waals surface area contributed by atoms with Gasteiger partial charge >= 0.3 is 0 Å². The largest absolute Gasteiger partial charge is 0.493 e. The minimum absolute atomic E-state index is 0.0730. The number of carbonyl (C=O) groups excluding carboxylic acids is 1. The molecule has 36 heavy (non-hydrogen) atoms. The number of amides is 1. The lowest BCUT2D eigenvalue weighted by atomic mass is 10.1. The molecule has 4 aromatic rings. The lowest BCUT2D eigenvalue weighted by Gasteiger charge is -2.12. The molecule has 5 nitrogen and oxygen atoms in total. The second kappa shape index (κ2) is 12.7. The smallest absolute Gasteiger partial charge is 0.243 e. The van der Waals surface area contributed by atoms with Gasteiger partial charge in [-0.2, -0.15) is 0 Å². The number of benzene rings is 3. The number of nitrogens with one attached hydrogen (secondary N) is 1. The second-order valence-corrected chi connectivity index (χ2v) is 9.13. The zero-order valence-electron chi connectivity index (χ0n) is 21.2. The van der Waals surface area contributed by atoms with Gasteiger partial charge in [0.25, 0.3) is 0 Å². The number of rotatable bonds is 12. The van der Waals surface area contributed by atoms with Crippen LogP contribution in [0.2, 0.25) is 0 Å². The van der Waals surface area contributed by atoms with Crippen molar-refractivity contribution in [2.45, 2.75) is 46.1 Å². The van der Waals surface area contributed by atoms with Crippen molar-refractivity contribution >= 4 is 23.0 Å². The summed E-state index contributed by atoms with van der Waals surface area (Å²) in [5.41, 5.74) is 5.59. The van der Waals surface area contributed by atoms with Gasteiger partial charge in [-0.15, -0.1) is 0 Å². The number of nitrogens with zero attached hydrogens (tertiary/aromatic N) is 2. The van der Waals surface area contributed by atoms with Crippen molar-refractivity contribution in [1.82, 2.24) is 14.9 Å². The molecule has 0 aliphatic heterocycles. The van der Waals surface area contributed by atoms with E-state index in [-0.39, 0.29) is 5.91 Å². The lowest BCUT2D eigenvalue weighted by Crippen LogP contribution is -2.22. The number of aromatic nitrogens is 2. The van der Waals surface area contributed by atoms with E-state index in [1.807, 2.05) is 42.5 Å². The Kier molecular flexibility index (Phi) is 8.92. The molecule has 0 aliphatic rings. The van der Waals surface area contributed by atoms with Crippen LogP contribution in [0.1, 0.15) is 41.8 Å². The Morgan fingerprint density at radius 1 is 0.972 bits per heavy atom. The van der Waals surface area contributed by atoms with Crippen molar-refractivity contribution < 1.29 is 9.53 Å². The average Bonchev–Trinajstić information content (AvgIpc) is 3.25. The molecular formula is C31H35N3O2. The van der Waals surface area contributed by atoms with Crippen LogP contribution in [0.4, 0.5) is 0 Å². The van der Waals surface area contributed by atoms with Crippen molar-refractivity contribution in [1.29, 1.82) is 0 Å². The van der Waals surface area contributed by atoms with Crippen LogP contribution in [0.3, 0.4) is 0 Å². The van der Waals surface area contributed by atoms with E-state index in [1.165, 1.54) is 11.1 Å². The number of fused-ring (bicyclic) bond motifs is 1. The van der Waals surface area contributed by atoms with E-state index in [9.17, 15) is 4.79 Å². The summed E-state index contributed by atoms with van der Waals surface area (Å²) < 4.78 is 8.36. The maximum atomic E-state index is 12.1. The number of unbranched alkanes of at least 4 members (excludes halogenated alkanes) is 1. The number of ether oxygens (including phenoxy) is 1. The van der Waals surface area contributed by atoms with Crippen molar-refractivity contribution in [3.05, 3.63) is 101 Å². The summed E-state index contributed by atoms with van der Waals surface area (Å²) in [7, 11) is 0. The first-order valence-electron chi connectivity index (χ1n) is 12.8. The molecule has 0 atom stereocenters. The third-order valence-corrected chi connectivity index (χ3v) is 6.21. The highest BCUT2D eigenvalue weighted by molar-refractivity contribution is 5.91. The van der Waals surface area contributed by atoms with Gasteiger partial charge in [-0.1, -0.05) is 54.6 Å². The van der Waals surface area contributed by atoms with Crippen molar-refractivity contribution in [2.75, 3.05) is 13.2 Å². The molecule has 1 N–H and O–H groups in total. The summed E-state index contributed by atoms with van der Waals surface area (Å²) in [5, 5.41) is 2.98. The fourth-order valence-electron chi connectivity index (χ4n) is 4.24. The van der Waals surface area contributed by atoms with Gasteiger partial charge in [0, 0.05) is 25.6 Å². The van der Waals surface area contributed by atoms with E-state index >= 15 is 0 Å². The molecule has 1 amide bonds. The minimum atomic E-state index is -0.0730. The van der Waals surface area contributed by atoms with Gasteiger partial charge in [-0.25, -0.2) is 4.98 Å². The molecule has 3 aromatic carbocycles. The summed E-state index contributed by atoms with van der Waals surface area (Å²) in [4.78, 5) is 17.0. The molecule has 0 saturated heterocycles. The van der Waals surface area contributed by atoms with E-state index in [1.54, 1.807) is 6.08 Å². The molecule has 4 rings (SSSR count). The molecule has 186 valence electrons. The minimum Gasteiger partial charge on any atom is -0.493 e. The standard InChI is InChI=1S/C31H35N3O2/c1-24-16-17-25(2)29(23-24)36-22-9-8-21-34-28-14-7-6-13-27(28)33-30(34)15-10-20-32-31(35)19-18-26-11-4-3-5-12-26/h3-7,11-14,16-19,23H,8-10,15,20-22H2,1-2H3,(H,32,35)/b19-18+. The van der Waals surface area contributed by atoms with E-state index in [0.717, 1.165) is 60.4 Å². The highest BCUT2D eigenvalue weighted by Crippen LogP contribution is 2.20. The topological polar surface area (TPSA) is 56.1 Å². The molecule has 1 heterocycles. The third-order valence-electron chi connectivity index (χ3n) is 6.21. The Morgan fingerprint density at radius 2 is 1.78 bits per heavy atom. The van der Waals surface area contributed by atoms with Crippen LogP contribution in [0.15, 0.2) is 78.9 Å². The van der Waals surface area contributed by atoms with E-state index in [4.69, 9.17) is 9.72 Å². The van der Waals surface area contributed by atoms with Gasteiger partial charge in [0.15, 0.2) is 0 Å². The number of hydrogen-bond donors (Lipinski definition) is 1. The Hall–Kier alpha value is -3.86.